The smallest absolute Gasteiger partial charge is 0.254 e. The number of amides is 2. The van der Waals surface area contributed by atoms with Crippen LogP contribution >= 0.6 is 0 Å². The second kappa shape index (κ2) is 9.01. The Labute approximate surface area is 149 Å². The van der Waals surface area contributed by atoms with Gasteiger partial charge in [-0.05, 0) is 33.8 Å². The Hall–Kier alpha value is -2.63. The lowest BCUT2D eigenvalue weighted by Gasteiger charge is -2.26. The number of hydrogen-bond donors (Lipinski definition) is 2. The van der Waals surface area contributed by atoms with Gasteiger partial charge in [0.05, 0.1) is 0 Å². The first-order chi connectivity index (χ1) is 11.6. The number of pyridine rings is 1. The molecule has 136 valence electrons. The van der Waals surface area contributed by atoms with Crippen LogP contribution in [-0.2, 0) is 4.79 Å². The van der Waals surface area contributed by atoms with E-state index in [1.165, 1.54) is 0 Å². The van der Waals surface area contributed by atoms with Crippen molar-refractivity contribution in [3.63, 3.8) is 0 Å². The van der Waals surface area contributed by atoms with E-state index in [-0.39, 0.29) is 17.7 Å². The summed E-state index contributed by atoms with van der Waals surface area (Å²) in [5, 5.41) is 0. The molecule has 0 bridgehead atoms. The molecule has 0 radical (unpaired) electrons. The van der Waals surface area contributed by atoms with Crippen LogP contribution < -0.4 is 16.0 Å². The van der Waals surface area contributed by atoms with Crippen molar-refractivity contribution < 1.29 is 14.2 Å². The van der Waals surface area contributed by atoms with Crippen LogP contribution in [0.3, 0.4) is 0 Å². The molecule has 1 aliphatic rings. The molecule has 0 fully saturated rings. The monoisotopic (exact) mass is 345 g/mol. The van der Waals surface area contributed by atoms with Crippen LogP contribution in [0.25, 0.3) is 0 Å². The highest BCUT2D eigenvalue weighted by Crippen LogP contribution is 2.19. The molecule has 6 heteroatoms. The first-order valence-corrected chi connectivity index (χ1v) is 8.41. The van der Waals surface area contributed by atoms with E-state index in [2.05, 4.69) is 13.8 Å². The van der Waals surface area contributed by atoms with E-state index in [1.807, 2.05) is 61.0 Å². The average Bonchev–Trinajstić information content (AvgIpc) is 2.55. The fourth-order valence-electron chi connectivity index (χ4n) is 2.22. The second-order valence-corrected chi connectivity index (χ2v) is 6.62. The predicted molar refractivity (Wildman–Crippen MR) is 98.1 cm³/mol. The summed E-state index contributed by atoms with van der Waals surface area (Å²) in [6, 6.07) is 4.24. The molecular formula is C19H29N4O2+. The van der Waals surface area contributed by atoms with Crippen molar-refractivity contribution in [2.45, 2.75) is 46.7 Å². The summed E-state index contributed by atoms with van der Waals surface area (Å²) in [6.45, 7) is 10.2. The van der Waals surface area contributed by atoms with Gasteiger partial charge in [0.15, 0.2) is 18.4 Å². The zero-order chi connectivity index (χ0) is 19.1. The fourth-order valence-corrected chi connectivity index (χ4v) is 2.22. The minimum Gasteiger partial charge on any atom is -0.366 e. The van der Waals surface area contributed by atoms with Crippen LogP contribution in [0, 0.1) is 5.92 Å². The molecule has 1 unspecified atom stereocenters. The molecule has 0 aliphatic carbocycles. The fraction of sp³-hybridized carbons (Fsp3) is 0.421. The Kier molecular flexibility index (Phi) is 7.36. The Bertz CT molecular complexity index is 678. The van der Waals surface area contributed by atoms with Gasteiger partial charge >= 0.3 is 0 Å². The van der Waals surface area contributed by atoms with Gasteiger partial charge in [0.25, 0.3) is 5.91 Å². The normalized spacial score (nSPS) is 16.4. The van der Waals surface area contributed by atoms with Crippen molar-refractivity contribution in [2.24, 2.45) is 17.4 Å². The third kappa shape index (κ3) is 6.06. The van der Waals surface area contributed by atoms with E-state index in [1.54, 1.807) is 12.3 Å². The van der Waals surface area contributed by atoms with Gasteiger partial charge in [-0.2, -0.15) is 0 Å². The number of primary amides is 2. The molecule has 25 heavy (non-hydrogen) atoms. The molecule has 1 aromatic rings. The highest BCUT2D eigenvalue weighted by Gasteiger charge is 2.17. The minimum absolute atomic E-state index is 0.132. The topological polar surface area (TPSA) is 93.3 Å². The van der Waals surface area contributed by atoms with Gasteiger partial charge in [0.1, 0.15) is 5.56 Å². The maximum absolute atomic E-state index is 11.0. The van der Waals surface area contributed by atoms with Crippen LogP contribution in [-0.4, -0.2) is 22.8 Å². The number of hydrogen-bond acceptors (Lipinski definition) is 3. The van der Waals surface area contributed by atoms with Gasteiger partial charge in [-0.1, -0.05) is 13.0 Å². The van der Waals surface area contributed by atoms with Crippen molar-refractivity contribution in [2.75, 3.05) is 0 Å². The van der Waals surface area contributed by atoms with Gasteiger partial charge in [0, 0.05) is 36.0 Å². The summed E-state index contributed by atoms with van der Waals surface area (Å²) in [4.78, 5) is 23.8. The van der Waals surface area contributed by atoms with Crippen molar-refractivity contribution in [3.05, 3.63) is 54.1 Å². The third-order valence-electron chi connectivity index (χ3n) is 3.91. The Morgan fingerprint density at radius 2 is 1.80 bits per heavy atom. The van der Waals surface area contributed by atoms with E-state index in [0.29, 0.717) is 23.2 Å². The highest BCUT2D eigenvalue weighted by molar-refractivity contribution is 5.93. The van der Waals surface area contributed by atoms with Gasteiger partial charge in [0.2, 0.25) is 5.91 Å². The van der Waals surface area contributed by atoms with Crippen LogP contribution in [0.2, 0.25) is 0 Å². The number of allylic oxidation sites excluding steroid dienone is 1. The number of rotatable bonds is 4. The number of carbonyl (C=O) groups excluding carboxylic acids is 2. The summed E-state index contributed by atoms with van der Waals surface area (Å²) in [7, 11) is 0. The number of carbonyl (C=O) groups is 2. The molecule has 0 spiro atoms. The molecule has 2 heterocycles. The number of nitrogens with two attached hydrogens (primary N) is 2. The van der Waals surface area contributed by atoms with Crippen molar-refractivity contribution >= 4 is 11.8 Å². The lowest BCUT2D eigenvalue weighted by Crippen LogP contribution is -2.36. The Morgan fingerprint density at radius 1 is 1.16 bits per heavy atom. The zero-order valence-corrected chi connectivity index (χ0v) is 15.6. The van der Waals surface area contributed by atoms with Crippen LogP contribution in [0.5, 0.6) is 0 Å². The van der Waals surface area contributed by atoms with Gasteiger partial charge < -0.3 is 16.4 Å². The molecule has 0 saturated carbocycles. The lowest BCUT2D eigenvalue weighted by atomic mass is 9.99. The second-order valence-electron chi connectivity index (χ2n) is 6.62. The summed E-state index contributed by atoms with van der Waals surface area (Å²) in [5.74, 6) is -0.583. The first kappa shape index (κ1) is 20.4. The quantitative estimate of drug-likeness (QED) is 0.816. The van der Waals surface area contributed by atoms with E-state index in [0.717, 1.165) is 0 Å². The number of nitrogens with zero attached hydrogens (tertiary/aromatic N) is 2. The van der Waals surface area contributed by atoms with Crippen molar-refractivity contribution in [1.82, 2.24) is 4.90 Å². The van der Waals surface area contributed by atoms with E-state index in [4.69, 9.17) is 11.5 Å². The standard InChI is InChI=1S/C10H16N2O.C9H12N2O/c1-7(2)12-5-4-8(3)9(6-12)10(11)13;1-7(2)11-5-3-4-8(6-11)9(10)12/h4-8H,1-3H3,(H2,11,13);3-7H,1-2H3,(H-,10,12)/p+1. The molecular weight excluding hydrogens is 316 g/mol. The van der Waals surface area contributed by atoms with Gasteiger partial charge in [-0.25, -0.2) is 4.57 Å². The SMILES string of the molecule is CC(C)[n+]1cccc(C(N)=O)c1.CC1C=CN(C(C)C)C=C1C(N)=O. The summed E-state index contributed by atoms with van der Waals surface area (Å²) in [5.41, 5.74) is 11.6. The zero-order valence-electron chi connectivity index (χ0n) is 15.6. The lowest BCUT2D eigenvalue weighted by molar-refractivity contribution is -0.716. The Balaban J connectivity index is 0.000000251. The van der Waals surface area contributed by atoms with E-state index >= 15 is 0 Å². The minimum atomic E-state index is -0.384. The molecule has 1 atom stereocenters. The largest absolute Gasteiger partial charge is 0.366 e. The van der Waals surface area contributed by atoms with Crippen LogP contribution in [0.1, 0.15) is 51.0 Å². The molecule has 6 nitrogen and oxygen atoms in total. The van der Waals surface area contributed by atoms with Gasteiger partial charge in [-0.3, -0.25) is 9.59 Å². The Morgan fingerprint density at radius 3 is 2.28 bits per heavy atom. The molecule has 2 amide bonds. The van der Waals surface area contributed by atoms with Gasteiger partial charge in [-0.15, -0.1) is 0 Å². The van der Waals surface area contributed by atoms with Crippen molar-refractivity contribution in [3.8, 4) is 0 Å². The molecule has 1 aliphatic heterocycles. The molecule has 0 aromatic carbocycles. The molecule has 0 saturated heterocycles. The summed E-state index contributed by atoms with van der Waals surface area (Å²) >= 11 is 0. The molecule has 1 aromatic heterocycles. The molecule has 4 N–H and O–H groups in total. The van der Waals surface area contributed by atoms with Crippen molar-refractivity contribution in [1.29, 1.82) is 0 Å². The highest BCUT2D eigenvalue weighted by atomic mass is 16.1. The maximum Gasteiger partial charge on any atom is 0.254 e. The average molecular weight is 345 g/mol. The predicted octanol–water partition coefficient (Wildman–Crippen LogP) is 1.88. The molecule has 2 rings (SSSR count). The summed E-state index contributed by atoms with van der Waals surface area (Å²) in [6.07, 6.45) is 9.48. The number of aromatic nitrogens is 1. The van der Waals surface area contributed by atoms with Crippen LogP contribution in [0.4, 0.5) is 0 Å². The van der Waals surface area contributed by atoms with E-state index < -0.39 is 0 Å². The third-order valence-corrected chi connectivity index (χ3v) is 3.91. The first-order valence-electron chi connectivity index (χ1n) is 8.41. The van der Waals surface area contributed by atoms with E-state index in [9.17, 15) is 9.59 Å². The summed E-state index contributed by atoms with van der Waals surface area (Å²) < 4.78 is 1.94. The van der Waals surface area contributed by atoms with Crippen LogP contribution in [0.15, 0.2) is 48.6 Å². The maximum atomic E-state index is 11.0.